The number of H-pyrrole nitrogens is 1. The molecule has 0 bridgehead atoms. The molecule has 1 amide bonds. The Hall–Kier alpha value is -3.15. The number of para-hydroxylation sites is 4. The Balaban J connectivity index is 1.45. The number of carbonyl (C=O) groups is 1. The van der Waals surface area contributed by atoms with E-state index >= 15 is 0 Å². The summed E-state index contributed by atoms with van der Waals surface area (Å²) in [4.78, 5) is 25.1. The topological polar surface area (TPSA) is 75.6 Å². The summed E-state index contributed by atoms with van der Waals surface area (Å²) < 4.78 is 2.19. The van der Waals surface area contributed by atoms with Crippen LogP contribution in [0.25, 0.3) is 22.1 Å². The van der Waals surface area contributed by atoms with Crippen LogP contribution in [0.4, 0.5) is 0 Å². The molecule has 0 aliphatic heterocycles. The largest absolute Gasteiger partial charge is 0.346 e. The van der Waals surface area contributed by atoms with Crippen molar-refractivity contribution in [2.75, 3.05) is 0 Å². The molecular formula is C22H25N5O. The van der Waals surface area contributed by atoms with Crippen LogP contribution in [0.5, 0.6) is 0 Å². The molecule has 0 saturated carbocycles. The Labute approximate surface area is 164 Å². The first kappa shape index (κ1) is 18.2. The van der Waals surface area contributed by atoms with E-state index in [1.807, 2.05) is 49.4 Å². The Morgan fingerprint density at radius 1 is 1.04 bits per heavy atom. The summed E-state index contributed by atoms with van der Waals surface area (Å²) in [7, 11) is 0. The van der Waals surface area contributed by atoms with Crippen molar-refractivity contribution in [2.45, 2.75) is 45.7 Å². The monoisotopic (exact) mass is 375 g/mol. The van der Waals surface area contributed by atoms with Crippen LogP contribution >= 0.6 is 0 Å². The maximum atomic E-state index is 12.5. The van der Waals surface area contributed by atoms with Gasteiger partial charge in [0.2, 0.25) is 5.91 Å². The third-order valence-corrected chi connectivity index (χ3v) is 4.93. The Morgan fingerprint density at radius 2 is 1.75 bits per heavy atom. The molecule has 2 aromatic carbocycles. The molecule has 6 nitrogen and oxygen atoms in total. The van der Waals surface area contributed by atoms with Crippen molar-refractivity contribution >= 4 is 28.0 Å². The molecule has 0 radical (unpaired) electrons. The van der Waals surface area contributed by atoms with Gasteiger partial charge in [0.05, 0.1) is 28.1 Å². The molecule has 0 saturated heterocycles. The van der Waals surface area contributed by atoms with Gasteiger partial charge in [-0.05, 0) is 45.0 Å². The fourth-order valence-corrected chi connectivity index (χ4v) is 3.65. The number of hydrogen-bond donors (Lipinski definition) is 2. The van der Waals surface area contributed by atoms with Crippen molar-refractivity contribution in [3.8, 4) is 0 Å². The second-order valence-electron chi connectivity index (χ2n) is 7.41. The quantitative estimate of drug-likeness (QED) is 0.527. The molecule has 0 aliphatic carbocycles. The minimum Gasteiger partial charge on any atom is -0.346 e. The first-order chi connectivity index (χ1) is 13.5. The average molecular weight is 375 g/mol. The van der Waals surface area contributed by atoms with Crippen LogP contribution in [0.15, 0.2) is 48.5 Å². The zero-order chi connectivity index (χ0) is 19.7. The zero-order valence-electron chi connectivity index (χ0n) is 16.4. The lowest BCUT2D eigenvalue weighted by molar-refractivity contribution is -0.121. The number of carbonyl (C=O) groups excluding carboxylic acids is 1. The van der Waals surface area contributed by atoms with Crippen LogP contribution in [0.1, 0.15) is 50.9 Å². The molecular weight excluding hydrogens is 350 g/mol. The van der Waals surface area contributed by atoms with Gasteiger partial charge in [0.25, 0.3) is 0 Å². The molecule has 0 fully saturated rings. The highest BCUT2D eigenvalue weighted by Gasteiger charge is 2.20. The molecule has 2 aromatic heterocycles. The van der Waals surface area contributed by atoms with E-state index in [9.17, 15) is 4.79 Å². The van der Waals surface area contributed by atoms with E-state index < -0.39 is 0 Å². The number of imidazole rings is 2. The summed E-state index contributed by atoms with van der Waals surface area (Å²) in [6.07, 6.45) is 0.958. The van der Waals surface area contributed by atoms with Crippen LogP contribution in [0, 0.1) is 0 Å². The standard InChI is InChI=1S/C22H25N5O/c1-14(2)27-19-11-7-6-10-18(19)26-22(27)15(3)23-21(28)13-12-20-24-16-8-4-5-9-17(16)25-20/h4-11,14-15H,12-13H2,1-3H3,(H,23,28)(H,24,25)/t15-/m0/s1. The second-order valence-corrected chi connectivity index (χ2v) is 7.41. The van der Waals surface area contributed by atoms with Crippen LogP contribution in [-0.2, 0) is 11.2 Å². The van der Waals surface area contributed by atoms with Gasteiger partial charge in [0.15, 0.2) is 0 Å². The summed E-state index contributed by atoms with van der Waals surface area (Å²) in [5.74, 6) is 1.71. The molecule has 0 aliphatic rings. The predicted molar refractivity (Wildman–Crippen MR) is 111 cm³/mol. The summed E-state index contributed by atoms with van der Waals surface area (Å²) in [5.41, 5.74) is 3.97. The lowest BCUT2D eigenvalue weighted by atomic mass is 10.2. The van der Waals surface area contributed by atoms with Crippen LogP contribution < -0.4 is 5.32 Å². The average Bonchev–Trinajstić information content (AvgIpc) is 3.27. The van der Waals surface area contributed by atoms with Gasteiger partial charge in [0, 0.05) is 18.9 Å². The maximum absolute atomic E-state index is 12.5. The number of aryl methyl sites for hydroxylation is 1. The molecule has 28 heavy (non-hydrogen) atoms. The molecule has 0 spiro atoms. The van der Waals surface area contributed by atoms with Crippen molar-refractivity contribution in [3.05, 3.63) is 60.2 Å². The highest BCUT2D eigenvalue weighted by atomic mass is 16.1. The van der Waals surface area contributed by atoms with Gasteiger partial charge in [-0.1, -0.05) is 24.3 Å². The maximum Gasteiger partial charge on any atom is 0.221 e. The van der Waals surface area contributed by atoms with Crippen molar-refractivity contribution in [2.24, 2.45) is 0 Å². The number of fused-ring (bicyclic) bond motifs is 2. The number of aromatic nitrogens is 4. The minimum absolute atomic E-state index is 0.00433. The van der Waals surface area contributed by atoms with Gasteiger partial charge in [-0.25, -0.2) is 9.97 Å². The highest BCUT2D eigenvalue weighted by molar-refractivity contribution is 5.79. The van der Waals surface area contributed by atoms with Crippen molar-refractivity contribution in [1.82, 2.24) is 24.8 Å². The van der Waals surface area contributed by atoms with E-state index in [-0.39, 0.29) is 18.0 Å². The highest BCUT2D eigenvalue weighted by Crippen LogP contribution is 2.25. The molecule has 0 unspecified atom stereocenters. The molecule has 1 atom stereocenters. The lowest BCUT2D eigenvalue weighted by Gasteiger charge is -2.18. The molecule has 4 rings (SSSR count). The fraction of sp³-hybridized carbons (Fsp3) is 0.318. The van der Waals surface area contributed by atoms with Crippen LogP contribution in [-0.4, -0.2) is 25.4 Å². The number of rotatable bonds is 6. The van der Waals surface area contributed by atoms with Gasteiger partial charge < -0.3 is 14.9 Å². The summed E-state index contributed by atoms with van der Waals surface area (Å²) >= 11 is 0. The Kier molecular flexibility index (Phi) is 4.86. The molecule has 2 N–H and O–H groups in total. The number of nitrogens with one attached hydrogen (secondary N) is 2. The van der Waals surface area contributed by atoms with E-state index in [0.717, 1.165) is 33.7 Å². The summed E-state index contributed by atoms with van der Waals surface area (Å²) in [6, 6.07) is 16.1. The van der Waals surface area contributed by atoms with Gasteiger partial charge in [-0.3, -0.25) is 4.79 Å². The van der Waals surface area contributed by atoms with Crippen molar-refractivity contribution in [1.29, 1.82) is 0 Å². The second kappa shape index (κ2) is 7.46. The molecule has 6 heteroatoms. The van der Waals surface area contributed by atoms with Crippen LogP contribution in [0.3, 0.4) is 0 Å². The SMILES string of the molecule is CC(C)n1c([C@H](C)NC(=O)CCc2nc3ccccc3[nH]2)nc2ccccc21. The summed E-state index contributed by atoms with van der Waals surface area (Å²) in [5, 5.41) is 3.09. The van der Waals surface area contributed by atoms with Gasteiger partial charge in [0.1, 0.15) is 11.6 Å². The first-order valence-electron chi connectivity index (χ1n) is 9.73. The molecule has 2 heterocycles. The number of hydrogen-bond acceptors (Lipinski definition) is 3. The minimum atomic E-state index is -0.169. The Morgan fingerprint density at radius 3 is 2.50 bits per heavy atom. The van der Waals surface area contributed by atoms with Gasteiger partial charge >= 0.3 is 0 Å². The fourth-order valence-electron chi connectivity index (χ4n) is 3.65. The third kappa shape index (κ3) is 3.50. The number of nitrogens with zero attached hydrogens (tertiary/aromatic N) is 3. The zero-order valence-corrected chi connectivity index (χ0v) is 16.4. The number of aromatic amines is 1. The smallest absolute Gasteiger partial charge is 0.221 e. The van der Waals surface area contributed by atoms with Gasteiger partial charge in [-0.15, -0.1) is 0 Å². The van der Waals surface area contributed by atoms with E-state index in [4.69, 9.17) is 4.98 Å². The predicted octanol–water partition coefficient (Wildman–Crippen LogP) is 4.30. The van der Waals surface area contributed by atoms with E-state index in [0.29, 0.717) is 12.8 Å². The lowest BCUT2D eigenvalue weighted by Crippen LogP contribution is -2.29. The van der Waals surface area contributed by atoms with E-state index in [2.05, 4.69) is 39.8 Å². The molecule has 144 valence electrons. The first-order valence-corrected chi connectivity index (χ1v) is 9.73. The van der Waals surface area contributed by atoms with Gasteiger partial charge in [-0.2, -0.15) is 0 Å². The van der Waals surface area contributed by atoms with Crippen molar-refractivity contribution in [3.63, 3.8) is 0 Å². The van der Waals surface area contributed by atoms with E-state index in [1.165, 1.54) is 0 Å². The van der Waals surface area contributed by atoms with Crippen LogP contribution in [0.2, 0.25) is 0 Å². The van der Waals surface area contributed by atoms with Crippen molar-refractivity contribution < 1.29 is 4.79 Å². The number of amides is 1. The summed E-state index contributed by atoms with van der Waals surface area (Å²) in [6.45, 7) is 6.25. The van der Waals surface area contributed by atoms with E-state index in [1.54, 1.807) is 0 Å². The third-order valence-electron chi connectivity index (χ3n) is 4.93. The number of benzene rings is 2. The normalized spacial score (nSPS) is 12.7. The molecule has 4 aromatic rings. The Bertz CT molecular complexity index is 1090.